The number of benzene rings is 2. The Balaban J connectivity index is 1.74. The van der Waals surface area contributed by atoms with Gasteiger partial charge in [-0.05, 0) is 36.8 Å². The van der Waals surface area contributed by atoms with Gasteiger partial charge in [0, 0.05) is 11.3 Å². The summed E-state index contributed by atoms with van der Waals surface area (Å²) < 4.78 is 29.0. The first-order valence-electron chi connectivity index (χ1n) is 8.88. The Kier molecular flexibility index (Phi) is 5.25. The molecule has 0 saturated heterocycles. The van der Waals surface area contributed by atoms with E-state index in [0.717, 1.165) is 5.56 Å². The minimum Gasteiger partial charge on any atom is -0.462 e. The zero-order chi connectivity index (χ0) is 21.3. The number of rotatable bonds is 5. The third-order valence-corrected chi connectivity index (χ3v) is 6.49. The number of anilines is 1. The summed E-state index contributed by atoms with van der Waals surface area (Å²) in [5.41, 5.74) is 2.12. The van der Waals surface area contributed by atoms with Crippen LogP contribution in [0.4, 0.5) is 5.69 Å². The third-order valence-electron chi connectivity index (χ3n) is 4.37. The van der Waals surface area contributed by atoms with Crippen molar-refractivity contribution in [2.75, 3.05) is 5.32 Å². The first-order valence-corrected chi connectivity index (χ1v) is 11.2. The number of nitrogens with zero attached hydrogens (tertiary/aromatic N) is 1. The van der Waals surface area contributed by atoms with Gasteiger partial charge >= 0.3 is 0 Å². The number of hydrogen-bond donors (Lipinski definition) is 2. The molecule has 0 unspecified atom stereocenters. The van der Waals surface area contributed by atoms with E-state index in [4.69, 9.17) is 9.56 Å². The fraction of sp³-hybridized carbons (Fsp3) is 0.0476. The molecule has 0 aliphatic heterocycles. The van der Waals surface area contributed by atoms with Crippen molar-refractivity contribution in [1.29, 1.82) is 0 Å². The highest BCUT2D eigenvalue weighted by Gasteiger charge is 2.22. The van der Waals surface area contributed by atoms with Crippen LogP contribution >= 0.6 is 11.3 Å². The molecule has 2 heterocycles. The number of nitrogens with one attached hydrogen (secondary N) is 1. The molecular formula is C21H17N3O4S2. The van der Waals surface area contributed by atoms with E-state index in [1.54, 1.807) is 37.5 Å². The maximum atomic E-state index is 13.1. The quantitative estimate of drug-likeness (QED) is 0.482. The molecule has 152 valence electrons. The fourth-order valence-corrected chi connectivity index (χ4v) is 4.70. The molecular weight excluding hydrogens is 422 g/mol. The second kappa shape index (κ2) is 7.86. The average molecular weight is 440 g/mol. The molecule has 9 heteroatoms. The van der Waals surface area contributed by atoms with Gasteiger partial charge in [0.05, 0.1) is 16.9 Å². The predicted molar refractivity (Wildman–Crippen MR) is 116 cm³/mol. The van der Waals surface area contributed by atoms with Gasteiger partial charge in [-0.1, -0.05) is 36.4 Å². The van der Waals surface area contributed by atoms with Crippen LogP contribution in [0, 0.1) is 6.92 Å². The molecule has 0 aliphatic rings. The molecule has 0 saturated carbocycles. The second-order valence-corrected chi connectivity index (χ2v) is 9.05. The monoisotopic (exact) mass is 439 g/mol. The largest absolute Gasteiger partial charge is 0.462 e. The van der Waals surface area contributed by atoms with Crippen LogP contribution in [0.25, 0.3) is 22.0 Å². The molecule has 7 nitrogen and oxygen atoms in total. The number of primary sulfonamides is 1. The van der Waals surface area contributed by atoms with E-state index >= 15 is 0 Å². The number of sulfonamides is 1. The maximum Gasteiger partial charge on any atom is 0.268 e. The van der Waals surface area contributed by atoms with Gasteiger partial charge in [-0.3, -0.25) is 4.79 Å². The number of carbonyl (C=O) groups is 1. The van der Waals surface area contributed by atoms with Gasteiger partial charge in [0.15, 0.2) is 10.8 Å². The first kappa shape index (κ1) is 20.0. The molecule has 3 N–H and O–H groups in total. The van der Waals surface area contributed by atoms with Crippen molar-refractivity contribution in [2.45, 2.75) is 11.8 Å². The van der Waals surface area contributed by atoms with Gasteiger partial charge in [0.25, 0.3) is 5.91 Å². The summed E-state index contributed by atoms with van der Waals surface area (Å²) in [4.78, 5) is 18.0. The fourth-order valence-electron chi connectivity index (χ4n) is 2.94. The highest BCUT2D eigenvalue weighted by atomic mass is 32.2. The summed E-state index contributed by atoms with van der Waals surface area (Å²) in [6, 6.07) is 17.4. The topological polar surface area (TPSA) is 115 Å². The van der Waals surface area contributed by atoms with Crippen molar-refractivity contribution in [3.63, 3.8) is 0 Å². The van der Waals surface area contributed by atoms with E-state index < -0.39 is 15.9 Å². The van der Waals surface area contributed by atoms with Crippen LogP contribution in [0.15, 0.2) is 76.2 Å². The number of aryl methyl sites for hydroxylation is 1. The molecule has 0 aliphatic carbocycles. The summed E-state index contributed by atoms with van der Waals surface area (Å²) in [6.45, 7) is 1.64. The number of carbonyl (C=O) groups excluding carboxylic acids is 1. The van der Waals surface area contributed by atoms with Crippen LogP contribution in [-0.2, 0) is 10.0 Å². The molecule has 0 atom stereocenters. The lowest BCUT2D eigenvalue weighted by atomic mass is 10.1. The van der Waals surface area contributed by atoms with Gasteiger partial charge in [-0.25, -0.2) is 18.5 Å². The number of nitrogens with two attached hydrogens (primary N) is 1. The van der Waals surface area contributed by atoms with Crippen molar-refractivity contribution in [3.05, 3.63) is 77.4 Å². The van der Waals surface area contributed by atoms with Gasteiger partial charge in [-0.2, -0.15) is 0 Å². The minimum absolute atomic E-state index is 0.0378. The van der Waals surface area contributed by atoms with Crippen LogP contribution in [-0.4, -0.2) is 19.3 Å². The summed E-state index contributed by atoms with van der Waals surface area (Å²) >= 11 is 1.19. The van der Waals surface area contributed by atoms with Crippen LogP contribution in [0.3, 0.4) is 0 Å². The molecule has 0 bridgehead atoms. The molecule has 0 radical (unpaired) electrons. The van der Waals surface area contributed by atoms with Gasteiger partial charge in [-0.15, -0.1) is 11.3 Å². The molecule has 0 fully saturated rings. The van der Waals surface area contributed by atoms with Crippen molar-refractivity contribution >= 4 is 33.0 Å². The number of hydrogen-bond acceptors (Lipinski definition) is 6. The normalized spacial score (nSPS) is 11.4. The van der Waals surface area contributed by atoms with Gasteiger partial charge in [0.2, 0.25) is 10.0 Å². The van der Waals surface area contributed by atoms with E-state index in [-0.39, 0.29) is 4.90 Å². The van der Waals surface area contributed by atoms with Crippen molar-refractivity contribution in [2.24, 2.45) is 5.14 Å². The Bertz CT molecular complexity index is 1310. The number of amides is 1. The molecule has 2 aromatic heterocycles. The SMILES string of the molecule is Cc1ccc(NC(=O)c2sc(-c3ccco3)nc2-c2ccccc2)cc1S(N)(=O)=O. The Morgan fingerprint density at radius 1 is 1.10 bits per heavy atom. The van der Waals surface area contributed by atoms with Crippen LogP contribution in [0.1, 0.15) is 15.2 Å². The van der Waals surface area contributed by atoms with Crippen molar-refractivity contribution < 1.29 is 17.6 Å². The lowest BCUT2D eigenvalue weighted by Gasteiger charge is -2.09. The molecule has 30 heavy (non-hydrogen) atoms. The zero-order valence-corrected chi connectivity index (χ0v) is 17.5. The van der Waals surface area contributed by atoms with Crippen LogP contribution in [0.2, 0.25) is 0 Å². The summed E-state index contributed by atoms with van der Waals surface area (Å²) in [5, 5.41) is 8.58. The maximum absolute atomic E-state index is 13.1. The lowest BCUT2D eigenvalue weighted by molar-refractivity contribution is 0.103. The van der Waals surface area contributed by atoms with E-state index in [1.807, 2.05) is 30.3 Å². The number of furan rings is 1. The predicted octanol–water partition coefficient (Wildman–Crippen LogP) is 4.28. The number of thiazole rings is 1. The van der Waals surface area contributed by atoms with Gasteiger partial charge < -0.3 is 9.73 Å². The minimum atomic E-state index is -3.91. The molecule has 4 aromatic rings. The highest BCUT2D eigenvalue weighted by molar-refractivity contribution is 7.89. The summed E-state index contributed by atoms with van der Waals surface area (Å²) in [5.74, 6) is 0.150. The van der Waals surface area contributed by atoms with Gasteiger partial charge in [0.1, 0.15) is 4.88 Å². The summed E-state index contributed by atoms with van der Waals surface area (Å²) in [7, 11) is -3.91. The Hall–Kier alpha value is -3.27. The first-order chi connectivity index (χ1) is 14.3. The smallest absolute Gasteiger partial charge is 0.268 e. The van der Waals surface area contributed by atoms with E-state index in [9.17, 15) is 13.2 Å². The average Bonchev–Trinajstić information content (AvgIpc) is 3.39. The van der Waals surface area contributed by atoms with Crippen molar-refractivity contribution in [3.8, 4) is 22.0 Å². The van der Waals surface area contributed by atoms with Crippen LogP contribution in [0.5, 0.6) is 0 Å². The Morgan fingerprint density at radius 2 is 1.87 bits per heavy atom. The Morgan fingerprint density at radius 3 is 2.53 bits per heavy atom. The molecule has 2 aromatic carbocycles. The van der Waals surface area contributed by atoms with E-state index in [1.165, 1.54) is 17.4 Å². The van der Waals surface area contributed by atoms with E-state index in [0.29, 0.717) is 32.6 Å². The molecule has 4 rings (SSSR count). The lowest BCUT2D eigenvalue weighted by Crippen LogP contribution is -2.16. The zero-order valence-electron chi connectivity index (χ0n) is 15.8. The molecule has 1 amide bonds. The second-order valence-electron chi connectivity index (χ2n) is 6.52. The number of aromatic nitrogens is 1. The van der Waals surface area contributed by atoms with Crippen molar-refractivity contribution in [1.82, 2.24) is 4.98 Å². The Labute approximate surface area is 177 Å². The molecule has 0 spiro atoms. The van der Waals surface area contributed by atoms with E-state index in [2.05, 4.69) is 10.3 Å². The summed E-state index contributed by atoms with van der Waals surface area (Å²) in [6.07, 6.45) is 1.54. The van der Waals surface area contributed by atoms with Crippen LogP contribution < -0.4 is 10.5 Å². The highest BCUT2D eigenvalue weighted by Crippen LogP contribution is 2.34. The third kappa shape index (κ3) is 4.04. The standard InChI is InChI=1S/C21H17N3O4S2/c1-13-9-10-15(12-17(13)30(22,26)27)23-20(25)19-18(14-6-3-2-4-7-14)24-21(29-19)16-8-5-11-28-16/h2-12H,1H3,(H,23,25)(H2,22,26,27).